The van der Waals surface area contributed by atoms with Gasteiger partial charge in [0.25, 0.3) is 0 Å². The number of aromatic nitrogens is 2. The van der Waals surface area contributed by atoms with Gasteiger partial charge in [-0.1, -0.05) is 0 Å². The fourth-order valence-corrected chi connectivity index (χ4v) is 2.12. The SMILES string of the molecule is CO[C@@H]1CN(CCO)C[C@@H]1n1cccn1. The quantitative estimate of drug-likeness (QED) is 0.746. The first-order chi connectivity index (χ1) is 7.35. The molecule has 5 heteroatoms. The Bertz CT molecular complexity index is 289. The summed E-state index contributed by atoms with van der Waals surface area (Å²) < 4.78 is 7.38. The summed E-state index contributed by atoms with van der Waals surface area (Å²) in [6, 6.07) is 2.18. The van der Waals surface area contributed by atoms with E-state index in [4.69, 9.17) is 9.84 Å². The molecular weight excluding hydrogens is 194 g/mol. The van der Waals surface area contributed by atoms with Gasteiger partial charge in [0.1, 0.15) is 0 Å². The summed E-state index contributed by atoms with van der Waals surface area (Å²) in [6.07, 6.45) is 3.90. The number of aliphatic hydroxyl groups is 1. The van der Waals surface area contributed by atoms with Gasteiger partial charge in [-0.05, 0) is 6.07 Å². The maximum absolute atomic E-state index is 8.90. The van der Waals surface area contributed by atoms with Crippen molar-refractivity contribution in [3.05, 3.63) is 18.5 Å². The summed E-state index contributed by atoms with van der Waals surface area (Å²) in [5, 5.41) is 13.1. The van der Waals surface area contributed by atoms with Gasteiger partial charge >= 0.3 is 0 Å². The van der Waals surface area contributed by atoms with E-state index in [1.54, 1.807) is 13.3 Å². The maximum Gasteiger partial charge on any atom is 0.0934 e. The van der Waals surface area contributed by atoms with E-state index in [1.165, 1.54) is 0 Å². The van der Waals surface area contributed by atoms with Gasteiger partial charge in [-0.25, -0.2) is 0 Å². The van der Waals surface area contributed by atoms with E-state index < -0.39 is 0 Å². The first-order valence-corrected chi connectivity index (χ1v) is 5.20. The summed E-state index contributed by atoms with van der Waals surface area (Å²) in [4.78, 5) is 2.19. The van der Waals surface area contributed by atoms with E-state index in [0.29, 0.717) is 6.54 Å². The third-order valence-electron chi connectivity index (χ3n) is 2.90. The molecule has 0 unspecified atom stereocenters. The van der Waals surface area contributed by atoms with Crippen molar-refractivity contribution in [2.45, 2.75) is 12.1 Å². The molecule has 1 aromatic heterocycles. The predicted octanol–water partition coefficient (Wildman–Crippen LogP) is -0.253. The number of methoxy groups -OCH3 is 1. The molecule has 0 amide bonds. The van der Waals surface area contributed by atoms with Crippen molar-refractivity contribution in [2.75, 3.05) is 33.4 Å². The van der Waals surface area contributed by atoms with Gasteiger partial charge in [-0.15, -0.1) is 0 Å². The molecule has 0 aromatic carbocycles. The Kier molecular flexibility index (Phi) is 3.35. The molecule has 0 aliphatic carbocycles. The van der Waals surface area contributed by atoms with E-state index >= 15 is 0 Å². The average Bonchev–Trinajstić information content (AvgIpc) is 2.84. The van der Waals surface area contributed by atoms with Crippen molar-refractivity contribution in [1.82, 2.24) is 14.7 Å². The second-order valence-electron chi connectivity index (χ2n) is 3.81. The number of β-amino-alcohol motifs (C(OH)–C–C–N with tert-alkyl or cyclic N) is 1. The van der Waals surface area contributed by atoms with Gasteiger partial charge < -0.3 is 9.84 Å². The number of hydrogen-bond acceptors (Lipinski definition) is 4. The molecule has 2 heterocycles. The van der Waals surface area contributed by atoms with E-state index in [2.05, 4.69) is 10.00 Å². The van der Waals surface area contributed by atoms with Crippen molar-refractivity contribution in [3.8, 4) is 0 Å². The lowest BCUT2D eigenvalue weighted by Crippen LogP contribution is -2.25. The van der Waals surface area contributed by atoms with Crippen molar-refractivity contribution in [1.29, 1.82) is 0 Å². The normalized spacial score (nSPS) is 27.3. The van der Waals surface area contributed by atoms with Crippen molar-refractivity contribution in [2.24, 2.45) is 0 Å². The Balaban J connectivity index is 2.04. The minimum atomic E-state index is 0.163. The van der Waals surface area contributed by atoms with E-state index in [-0.39, 0.29) is 18.8 Å². The Morgan fingerprint density at radius 3 is 3.00 bits per heavy atom. The van der Waals surface area contributed by atoms with Crippen molar-refractivity contribution < 1.29 is 9.84 Å². The Labute approximate surface area is 89.3 Å². The Morgan fingerprint density at radius 2 is 2.40 bits per heavy atom. The second-order valence-corrected chi connectivity index (χ2v) is 3.81. The van der Waals surface area contributed by atoms with E-state index in [9.17, 15) is 0 Å². The van der Waals surface area contributed by atoms with Crippen LogP contribution in [0.1, 0.15) is 6.04 Å². The minimum Gasteiger partial charge on any atom is -0.395 e. The van der Waals surface area contributed by atoms with Crippen LogP contribution in [0.25, 0.3) is 0 Å². The van der Waals surface area contributed by atoms with E-state index in [0.717, 1.165) is 13.1 Å². The zero-order valence-corrected chi connectivity index (χ0v) is 8.91. The monoisotopic (exact) mass is 211 g/mol. The van der Waals surface area contributed by atoms with Crippen molar-refractivity contribution in [3.63, 3.8) is 0 Å². The summed E-state index contributed by atoms with van der Waals surface area (Å²) in [5.74, 6) is 0. The zero-order chi connectivity index (χ0) is 10.7. The lowest BCUT2D eigenvalue weighted by Gasteiger charge is -2.16. The van der Waals surface area contributed by atoms with Gasteiger partial charge in [0.2, 0.25) is 0 Å². The molecule has 0 radical (unpaired) electrons. The van der Waals surface area contributed by atoms with Crippen LogP contribution in [0, 0.1) is 0 Å². The Morgan fingerprint density at radius 1 is 1.53 bits per heavy atom. The standard InChI is InChI=1S/C10H17N3O2/c1-15-10-8-12(5-6-14)7-9(10)13-4-2-3-11-13/h2-4,9-10,14H,5-8H2,1H3/t9-,10+/m0/s1. The zero-order valence-electron chi connectivity index (χ0n) is 8.91. The molecule has 2 atom stereocenters. The van der Waals surface area contributed by atoms with Crippen LogP contribution < -0.4 is 0 Å². The summed E-state index contributed by atoms with van der Waals surface area (Å²) in [5.41, 5.74) is 0. The highest BCUT2D eigenvalue weighted by Gasteiger charge is 2.33. The second kappa shape index (κ2) is 4.74. The Hall–Kier alpha value is -0.910. The van der Waals surface area contributed by atoms with Gasteiger partial charge in [0.05, 0.1) is 18.8 Å². The molecule has 15 heavy (non-hydrogen) atoms. The molecule has 84 valence electrons. The first-order valence-electron chi connectivity index (χ1n) is 5.20. The molecule has 2 rings (SSSR count). The lowest BCUT2D eigenvalue weighted by atomic mass is 10.2. The van der Waals surface area contributed by atoms with E-state index in [1.807, 2.05) is 16.9 Å². The highest BCUT2D eigenvalue weighted by molar-refractivity contribution is 4.92. The topological polar surface area (TPSA) is 50.5 Å². The fourth-order valence-electron chi connectivity index (χ4n) is 2.12. The molecule has 1 fully saturated rings. The van der Waals surface area contributed by atoms with Crippen LogP contribution in [0.2, 0.25) is 0 Å². The molecule has 1 aromatic rings. The van der Waals surface area contributed by atoms with Gasteiger partial charge in [0.15, 0.2) is 0 Å². The molecule has 0 spiro atoms. The fraction of sp³-hybridized carbons (Fsp3) is 0.700. The molecule has 1 N–H and O–H groups in total. The molecule has 1 aliphatic rings. The third kappa shape index (κ3) is 2.19. The number of aliphatic hydroxyl groups excluding tert-OH is 1. The smallest absolute Gasteiger partial charge is 0.0934 e. The minimum absolute atomic E-state index is 0.163. The van der Waals surface area contributed by atoms with Crippen LogP contribution in [0.4, 0.5) is 0 Å². The summed E-state index contributed by atoms with van der Waals surface area (Å²) in [6.45, 7) is 2.65. The number of ether oxygens (including phenoxy) is 1. The van der Waals surface area contributed by atoms with Gasteiger partial charge in [-0.3, -0.25) is 9.58 Å². The largest absolute Gasteiger partial charge is 0.395 e. The molecule has 0 bridgehead atoms. The molecule has 0 saturated carbocycles. The van der Waals surface area contributed by atoms with Gasteiger partial charge in [0, 0.05) is 39.1 Å². The highest BCUT2D eigenvalue weighted by atomic mass is 16.5. The number of rotatable bonds is 4. The van der Waals surface area contributed by atoms with Crippen LogP contribution in [-0.2, 0) is 4.74 Å². The highest BCUT2D eigenvalue weighted by Crippen LogP contribution is 2.23. The molecule has 5 nitrogen and oxygen atoms in total. The summed E-state index contributed by atoms with van der Waals surface area (Å²) in [7, 11) is 1.73. The van der Waals surface area contributed by atoms with Gasteiger partial charge in [-0.2, -0.15) is 5.10 Å². The number of hydrogen-bond donors (Lipinski definition) is 1. The van der Waals surface area contributed by atoms with Crippen LogP contribution in [0.3, 0.4) is 0 Å². The lowest BCUT2D eigenvalue weighted by molar-refractivity contribution is 0.0771. The van der Waals surface area contributed by atoms with Crippen LogP contribution >= 0.6 is 0 Å². The first kappa shape index (κ1) is 10.6. The van der Waals surface area contributed by atoms with Crippen molar-refractivity contribution >= 4 is 0 Å². The predicted molar refractivity (Wildman–Crippen MR) is 55.6 cm³/mol. The average molecular weight is 211 g/mol. The number of likely N-dealkylation sites (tertiary alicyclic amines) is 1. The molecular formula is C10H17N3O2. The van der Waals surface area contributed by atoms with Crippen LogP contribution in [0.5, 0.6) is 0 Å². The maximum atomic E-state index is 8.90. The van der Waals surface area contributed by atoms with Crippen LogP contribution in [0.15, 0.2) is 18.5 Å². The molecule has 1 aliphatic heterocycles. The molecule has 1 saturated heterocycles. The van der Waals surface area contributed by atoms with Crippen LogP contribution in [-0.4, -0.2) is 59.2 Å². The summed E-state index contributed by atoms with van der Waals surface area (Å²) >= 11 is 0. The third-order valence-corrected chi connectivity index (χ3v) is 2.90. The number of nitrogens with zero attached hydrogens (tertiary/aromatic N) is 3.